The van der Waals surface area contributed by atoms with Gasteiger partial charge in [-0.15, -0.1) is 11.8 Å². The van der Waals surface area contributed by atoms with Crippen LogP contribution in [0.1, 0.15) is 24.8 Å². The van der Waals surface area contributed by atoms with Crippen LogP contribution in [0.5, 0.6) is 0 Å². The van der Waals surface area contributed by atoms with Gasteiger partial charge in [0.25, 0.3) is 0 Å². The lowest BCUT2D eigenvalue weighted by Gasteiger charge is -2.09. The SMILES string of the molecule is CC#CCCNCC(C#N)c1ccccc1. The van der Waals surface area contributed by atoms with Gasteiger partial charge in [0.1, 0.15) is 0 Å². The van der Waals surface area contributed by atoms with Crippen molar-refractivity contribution in [2.24, 2.45) is 0 Å². The quantitative estimate of drug-likeness (QED) is 0.600. The number of nitrogens with one attached hydrogen (secondary N) is 1. The molecule has 0 aliphatic rings. The number of nitriles is 1. The van der Waals surface area contributed by atoms with Gasteiger partial charge in [-0.2, -0.15) is 5.26 Å². The number of rotatable bonds is 5. The molecule has 0 saturated heterocycles. The van der Waals surface area contributed by atoms with E-state index in [0.717, 1.165) is 18.5 Å². The number of hydrogen-bond acceptors (Lipinski definition) is 2. The van der Waals surface area contributed by atoms with E-state index >= 15 is 0 Å². The van der Waals surface area contributed by atoms with E-state index in [1.54, 1.807) is 0 Å². The first kappa shape index (κ1) is 12.3. The van der Waals surface area contributed by atoms with Crippen molar-refractivity contribution < 1.29 is 0 Å². The molecule has 82 valence electrons. The van der Waals surface area contributed by atoms with Gasteiger partial charge in [0.15, 0.2) is 0 Å². The summed E-state index contributed by atoms with van der Waals surface area (Å²) in [6.45, 7) is 3.36. The lowest BCUT2D eigenvalue weighted by Crippen LogP contribution is -2.21. The normalized spacial score (nSPS) is 11.0. The Kier molecular flexibility index (Phi) is 5.78. The Morgan fingerprint density at radius 1 is 1.31 bits per heavy atom. The molecule has 0 radical (unpaired) electrons. The second-order valence-corrected chi connectivity index (χ2v) is 3.47. The monoisotopic (exact) mass is 212 g/mol. The van der Waals surface area contributed by atoms with Crippen LogP contribution in [0.25, 0.3) is 0 Å². The van der Waals surface area contributed by atoms with Gasteiger partial charge in [0, 0.05) is 19.5 Å². The lowest BCUT2D eigenvalue weighted by molar-refractivity contribution is 0.659. The van der Waals surface area contributed by atoms with E-state index in [0.29, 0.717) is 6.54 Å². The molecule has 0 aliphatic heterocycles. The third kappa shape index (κ3) is 4.17. The fraction of sp³-hybridized carbons (Fsp3) is 0.357. The molecule has 1 aromatic rings. The van der Waals surface area contributed by atoms with Gasteiger partial charge in [0.2, 0.25) is 0 Å². The Hall–Kier alpha value is -1.77. The zero-order valence-electron chi connectivity index (χ0n) is 9.53. The van der Waals surface area contributed by atoms with E-state index in [1.165, 1.54) is 0 Å². The van der Waals surface area contributed by atoms with Crippen LogP contribution < -0.4 is 5.32 Å². The summed E-state index contributed by atoms with van der Waals surface area (Å²) < 4.78 is 0. The zero-order chi connectivity index (χ0) is 11.6. The number of nitrogens with zero attached hydrogens (tertiary/aromatic N) is 1. The molecule has 1 N–H and O–H groups in total. The molecule has 1 aromatic carbocycles. The summed E-state index contributed by atoms with van der Waals surface area (Å²) in [5.74, 6) is 5.76. The Bertz CT molecular complexity index is 392. The van der Waals surface area contributed by atoms with Gasteiger partial charge >= 0.3 is 0 Å². The van der Waals surface area contributed by atoms with Gasteiger partial charge in [0.05, 0.1) is 12.0 Å². The summed E-state index contributed by atoms with van der Waals surface area (Å²) in [6.07, 6.45) is 0.837. The van der Waals surface area contributed by atoms with Gasteiger partial charge < -0.3 is 5.32 Å². The van der Waals surface area contributed by atoms with Crippen LogP contribution in [0.3, 0.4) is 0 Å². The highest BCUT2D eigenvalue weighted by Gasteiger charge is 2.08. The summed E-state index contributed by atoms with van der Waals surface area (Å²) in [5.41, 5.74) is 1.07. The second kappa shape index (κ2) is 7.51. The van der Waals surface area contributed by atoms with Gasteiger partial charge in [-0.05, 0) is 12.5 Å². The second-order valence-electron chi connectivity index (χ2n) is 3.47. The molecule has 2 heteroatoms. The largest absolute Gasteiger partial charge is 0.314 e. The summed E-state index contributed by atoms with van der Waals surface area (Å²) in [4.78, 5) is 0. The van der Waals surface area contributed by atoms with Gasteiger partial charge in [-0.25, -0.2) is 0 Å². The molecule has 0 aliphatic carbocycles. The van der Waals surface area contributed by atoms with Crippen LogP contribution in [-0.2, 0) is 0 Å². The number of benzene rings is 1. The minimum atomic E-state index is -0.0733. The zero-order valence-corrected chi connectivity index (χ0v) is 9.53. The Morgan fingerprint density at radius 2 is 2.06 bits per heavy atom. The van der Waals surface area contributed by atoms with Crippen molar-refractivity contribution >= 4 is 0 Å². The maximum Gasteiger partial charge on any atom is 0.0837 e. The van der Waals surface area contributed by atoms with Crippen LogP contribution in [-0.4, -0.2) is 13.1 Å². The first-order chi connectivity index (χ1) is 7.88. The molecule has 0 heterocycles. The lowest BCUT2D eigenvalue weighted by atomic mass is 10.0. The van der Waals surface area contributed by atoms with E-state index < -0.39 is 0 Å². The van der Waals surface area contributed by atoms with Crippen LogP contribution in [0.2, 0.25) is 0 Å². The fourth-order valence-electron chi connectivity index (χ4n) is 1.45. The molecule has 0 fully saturated rings. The van der Waals surface area contributed by atoms with Crippen molar-refractivity contribution in [3.8, 4) is 17.9 Å². The van der Waals surface area contributed by atoms with Crippen LogP contribution in [0, 0.1) is 23.2 Å². The standard InChI is InChI=1S/C14H16N2/c1-2-3-7-10-16-12-14(11-15)13-8-5-4-6-9-13/h4-6,8-9,14,16H,7,10,12H2,1H3. The van der Waals surface area contributed by atoms with Crippen molar-refractivity contribution in [3.05, 3.63) is 35.9 Å². The Morgan fingerprint density at radius 3 is 2.69 bits per heavy atom. The average molecular weight is 212 g/mol. The molecule has 0 aromatic heterocycles. The molecular formula is C14H16N2. The summed E-state index contributed by atoms with van der Waals surface area (Å²) in [7, 11) is 0. The molecule has 0 spiro atoms. The molecule has 2 nitrogen and oxygen atoms in total. The summed E-state index contributed by atoms with van der Waals surface area (Å²) >= 11 is 0. The van der Waals surface area contributed by atoms with Crippen molar-refractivity contribution in [1.82, 2.24) is 5.32 Å². The third-order valence-electron chi connectivity index (χ3n) is 2.31. The highest BCUT2D eigenvalue weighted by atomic mass is 14.8. The molecular weight excluding hydrogens is 196 g/mol. The maximum atomic E-state index is 9.06. The van der Waals surface area contributed by atoms with E-state index in [-0.39, 0.29) is 5.92 Å². The molecule has 1 unspecified atom stereocenters. The summed E-state index contributed by atoms with van der Waals surface area (Å²) in [6, 6.07) is 12.2. The predicted octanol–water partition coefficient (Wildman–Crippen LogP) is 2.30. The molecule has 16 heavy (non-hydrogen) atoms. The Balaban J connectivity index is 2.38. The first-order valence-corrected chi connectivity index (χ1v) is 5.43. The Labute approximate surface area is 97.3 Å². The minimum absolute atomic E-state index is 0.0733. The van der Waals surface area contributed by atoms with Crippen molar-refractivity contribution in [2.75, 3.05) is 13.1 Å². The number of hydrogen-bond donors (Lipinski definition) is 1. The van der Waals surface area contributed by atoms with Crippen molar-refractivity contribution in [2.45, 2.75) is 19.3 Å². The summed E-state index contributed by atoms with van der Waals surface area (Å²) in [5, 5.41) is 12.3. The van der Waals surface area contributed by atoms with Crippen molar-refractivity contribution in [1.29, 1.82) is 5.26 Å². The maximum absolute atomic E-state index is 9.06. The smallest absolute Gasteiger partial charge is 0.0837 e. The molecule has 1 rings (SSSR count). The van der Waals surface area contributed by atoms with Crippen LogP contribution in [0.15, 0.2) is 30.3 Å². The predicted molar refractivity (Wildman–Crippen MR) is 65.7 cm³/mol. The first-order valence-electron chi connectivity index (χ1n) is 5.43. The van der Waals surface area contributed by atoms with E-state index in [4.69, 9.17) is 5.26 Å². The topological polar surface area (TPSA) is 35.8 Å². The molecule has 0 saturated carbocycles. The third-order valence-corrected chi connectivity index (χ3v) is 2.31. The van der Waals surface area contributed by atoms with Gasteiger partial charge in [-0.1, -0.05) is 30.3 Å². The average Bonchev–Trinajstić information content (AvgIpc) is 2.35. The van der Waals surface area contributed by atoms with Crippen LogP contribution in [0.4, 0.5) is 0 Å². The van der Waals surface area contributed by atoms with E-state index in [2.05, 4.69) is 23.2 Å². The fourth-order valence-corrected chi connectivity index (χ4v) is 1.45. The van der Waals surface area contributed by atoms with Crippen molar-refractivity contribution in [3.63, 3.8) is 0 Å². The van der Waals surface area contributed by atoms with Crippen LogP contribution >= 0.6 is 0 Å². The highest BCUT2D eigenvalue weighted by Crippen LogP contribution is 2.12. The minimum Gasteiger partial charge on any atom is -0.314 e. The molecule has 0 bridgehead atoms. The van der Waals surface area contributed by atoms with Gasteiger partial charge in [-0.3, -0.25) is 0 Å². The highest BCUT2D eigenvalue weighted by molar-refractivity contribution is 5.24. The van der Waals surface area contributed by atoms with E-state index in [1.807, 2.05) is 37.3 Å². The van der Waals surface area contributed by atoms with E-state index in [9.17, 15) is 0 Å². The molecule has 0 amide bonds. The molecule has 1 atom stereocenters.